The van der Waals surface area contributed by atoms with E-state index in [2.05, 4.69) is 37.1 Å². The van der Waals surface area contributed by atoms with E-state index in [-0.39, 0.29) is 11.1 Å². The fourth-order valence-electron chi connectivity index (χ4n) is 3.26. The molecule has 0 radical (unpaired) electrons. The number of hydrogen-bond acceptors (Lipinski definition) is 6. The van der Waals surface area contributed by atoms with E-state index in [1.54, 1.807) is 23.9 Å². The van der Waals surface area contributed by atoms with Crippen molar-refractivity contribution in [3.8, 4) is 11.5 Å². The van der Waals surface area contributed by atoms with Crippen LogP contribution in [0.1, 0.15) is 48.2 Å². The molecule has 1 saturated carbocycles. The SMILES string of the molecule is C[C@@H](Sc1nnc(C2CC2)n1Cc1ccccc1)c1nnc(-c2ccc(F)cc2)o1. The number of aromatic nitrogens is 5. The molecule has 1 atom stereocenters. The molecular formula is C22H20FN5OS. The molecule has 2 heterocycles. The minimum Gasteiger partial charge on any atom is -0.419 e. The molecule has 5 rings (SSSR count). The number of hydrogen-bond donors (Lipinski definition) is 0. The molecule has 6 nitrogen and oxygen atoms in total. The molecule has 0 saturated heterocycles. The third-order valence-electron chi connectivity index (χ3n) is 5.03. The molecule has 0 bridgehead atoms. The average molecular weight is 422 g/mol. The number of nitrogens with zero attached hydrogens (tertiary/aromatic N) is 5. The van der Waals surface area contributed by atoms with Crippen molar-refractivity contribution in [3.05, 3.63) is 77.7 Å². The second-order valence-corrected chi connectivity index (χ2v) is 8.71. The first-order valence-corrected chi connectivity index (χ1v) is 10.8. The Morgan fingerprint density at radius 1 is 1.03 bits per heavy atom. The second-order valence-electron chi connectivity index (χ2n) is 7.40. The zero-order valence-electron chi connectivity index (χ0n) is 16.4. The van der Waals surface area contributed by atoms with Crippen molar-refractivity contribution < 1.29 is 8.81 Å². The van der Waals surface area contributed by atoms with Gasteiger partial charge >= 0.3 is 0 Å². The highest BCUT2D eigenvalue weighted by Crippen LogP contribution is 2.42. The maximum absolute atomic E-state index is 13.2. The molecule has 1 aliphatic rings. The predicted molar refractivity (Wildman–Crippen MR) is 112 cm³/mol. The highest BCUT2D eigenvalue weighted by atomic mass is 32.2. The summed E-state index contributed by atoms with van der Waals surface area (Å²) in [5, 5.41) is 18.0. The van der Waals surface area contributed by atoms with E-state index in [1.807, 2.05) is 25.1 Å². The normalized spacial score (nSPS) is 14.7. The molecule has 2 aromatic heterocycles. The Balaban J connectivity index is 1.37. The number of benzene rings is 2. The lowest BCUT2D eigenvalue weighted by molar-refractivity contribution is 0.508. The minimum atomic E-state index is -0.299. The van der Waals surface area contributed by atoms with Gasteiger partial charge in [0.15, 0.2) is 5.16 Å². The summed E-state index contributed by atoms with van der Waals surface area (Å²) in [6.07, 6.45) is 2.33. The lowest BCUT2D eigenvalue weighted by atomic mass is 10.2. The van der Waals surface area contributed by atoms with Crippen molar-refractivity contribution in [3.63, 3.8) is 0 Å². The van der Waals surface area contributed by atoms with Gasteiger partial charge in [0.2, 0.25) is 11.8 Å². The molecule has 1 aliphatic carbocycles. The average Bonchev–Trinajstić information content (AvgIpc) is 3.35. The van der Waals surface area contributed by atoms with Gasteiger partial charge in [-0.15, -0.1) is 20.4 Å². The minimum absolute atomic E-state index is 0.0996. The van der Waals surface area contributed by atoms with Crippen LogP contribution in [0.25, 0.3) is 11.5 Å². The third kappa shape index (κ3) is 4.00. The molecule has 4 aromatic rings. The topological polar surface area (TPSA) is 69.6 Å². The van der Waals surface area contributed by atoms with Crippen LogP contribution in [0.5, 0.6) is 0 Å². The Labute approximate surface area is 177 Å². The van der Waals surface area contributed by atoms with Gasteiger partial charge in [0.25, 0.3) is 0 Å². The summed E-state index contributed by atoms with van der Waals surface area (Å²) in [6.45, 7) is 2.74. The summed E-state index contributed by atoms with van der Waals surface area (Å²) in [5.41, 5.74) is 1.90. The summed E-state index contributed by atoms with van der Waals surface area (Å²) in [6, 6.07) is 16.3. The van der Waals surface area contributed by atoms with E-state index in [0.29, 0.717) is 23.3 Å². The van der Waals surface area contributed by atoms with Gasteiger partial charge in [0.05, 0.1) is 11.8 Å². The molecule has 152 valence electrons. The van der Waals surface area contributed by atoms with Crippen LogP contribution in [0.3, 0.4) is 0 Å². The third-order valence-corrected chi connectivity index (χ3v) is 6.10. The summed E-state index contributed by atoms with van der Waals surface area (Å²) >= 11 is 1.55. The zero-order valence-corrected chi connectivity index (χ0v) is 17.2. The number of thioether (sulfide) groups is 1. The molecule has 2 aromatic carbocycles. The van der Waals surface area contributed by atoms with Gasteiger partial charge in [-0.1, -0.05) is 42.1 Å². The first-order chi connectivity index (χ1) is 14.7. The van der Waals surface area contributed by atoms with Gasteiger partial charge in [-0.3, -0.25) is 0 Å². The van der Waals surface area contributed by atoms with Crippen LogP contribution < -0.4 is 0 Å². The molecule has 0 aliphatic heterocycles. The Hall–Kier alpha value is -3.00. The van der Waals surface area contributed by atoms with Gasteiger partial charge in [-0.2, -0.15) is 0 Å². The second kappa shape index (κ2) is 8.02. The van der Waals surface area contributed by atoms with Crippen LogP contribution in [0.2, 0.25) is 0 Å². The number of rotatable bonds is 7. The highest BCUT2D eigenvalue weighted by Gasteiger charge is 2.31. The van der Waals surface area contributed by atoms with E-state index in [0.717, 1.165) is 30.4 Å². The maximum atomic E-state index is 13.2. The summed E-state index contributed by atoms with van der Waals surface area (Å²) in [4.78, 5) is 0. The monoisotopic (exact) mass is 421 g/mol. The van der Waals surface area contributed by atoms with Crippen molar-refractivity contribution in [2.45, 2.75) is 42.6 Å². The first-order valence-electron chi connectivity index (χ1n) is 9.90. The fraction of sp³-hybridized carbons (Fsp3) is 0.273. The lowest BCUT2D eigenvalue weighted by Crippen LogP contribution is -2.06. The van der Waals surface area contributed by atoms with E-state index >= 15 is 0 Å². The van der Waals surface area contributed by atoms with Gasteiger partial charge in [0, 0.05) is 11.5 Å². The summed E-state index contributed by atoms with van der Waals surface area (Å²) < 4.78 is 21.2. The highest BCUT2D eigenvalue weighted by molar-refractivity contribution is 7.99. The van der Waals surface area contributed by atoms with E-state index < -0.39 is 0 Å². The van der Waals surface area contributed by atoms with Crippen LogP contribution in [-0.4, -0.2) is 25.0 Å². The quantitative estimate of drug-likeness (QED) is 0.380. The molecule has 0 N–H and O–H groups in total. The molecule has 8 heteroatoms. The van der Waals surface area contributed by atoms with Crippen molar-refractivity contribution in [1.82, 2.24) is 25.0 Å². The van der Waals surface area contributed by atoms with E-state index in [4.69, 9.17) is 4.42 Å². The molecule has 0 spiro atoms. The van der Waals surface area contributed by atoms with Crippen molar-refractivity contribution in [1.29, 1.82) is 0 Å². The van der Waals surface area contributed by atoms with Crippen molar-refractivity contribution in [2.75, 3.05) is 0 Å². The van der Waals surface area contributed by atoms with Gasteiger partial charge in [-0.05, 0) is 49.6 Å². The molecule has 30 heavy (non-hydrogen) atoms. The van der Waals surface area contributed by atoms with Crippen LogP contribution in [0.15, 0.2) is 64.2 Å². The summed E-state index contributed by atoms with van der Waals surface area (Å²) in [7, 11) is 0. The largest absolute Gasteiger partial charge is 0.419 e. The van der Waals surface area contributed by atoms with Crippen molar-refractivity contribution in [2.24, 2.45) is 0 Å². The van der Waals surface area contributed by atoms with Gasteiger partial charge in [-0.25, -0.2) is 4.39 Å². The molecule has 0 unspecified atom stereocenters. The lowest BCUT2D eigenvalue weighted by Gasteiger charge is -2.11. The van der Waals surface area contributed by atoms with E-state index in [9.17, 15) is 4.39 Å². The van der Waals surface area contributed by atoms with Crippen molar-refractivity contribution >= 4 is 11.8 Å². The van der Waals surface area contributed by atoms with Crippen LogP contribution in [-0.2, 0) is 6.54 Å². The Kier molecular flexibility index (Phi) is 5.08. The van der Waals surface area contributed by atoms with Gasteiger partial charge < -0.3 is 8.98 Å². The summed E-state index contributed by atoms with van der Waals surface area (Å²) in [5.74, 6) is 2.13. The standard InChI is InChI=1S/C22H20FN5OS/c1-14(20-25-26-21(29-20)17-9-11-18(23)12-10-17)30-22-27-24-19(16-7-8-16)28(22)13-15-5-3-2-4-6-15/h2-6,9-12,14,16H,7-8,13H2,1H3/t14-/m1/s1. The van der Waals surface area contributed by atoms with Crippen LogP contribution in [0.4, 0.5) is 4.39 Å². The fourth-order valence-corrected chi connectivity index (χ4v) is 4.15. The van der Waals surface area contributed by atoms with Gasteiger partial charge in [0.1, 0.15) is 11.6 Å². The Morgan fingerprint density at radius 3 is 2.53 bits per heavy atom. The zero-order chi connectivity index (χ0) is 20.5. The molecule has 1 fully saturated rings. The Morgan fingerprint density at radius 2 is 1.80 bits per heavy atom. The van der Waals surface area contributed by atoms with E-state index in [1.165, 1.54) is 17.7 Å². The van der Waals surface area contributed by atoms with Crippen LogP contribution >= 0.6 is 11.8 Å². The smallest absolute Gasteiger partial charge is 0.247 e. The Bertz CT molecular complexity index is 1140. The van der Waals surface area contributed by atoms with Crippen LogP contribution in [0, 0.1) is 5.82 Å². The number of halogens is 1. The first kappa shape index (κ1) is 19.0. The maximum Gasteiger partial charge on any atom is 0.247 e. The molecule has 0 amide bonds. The molecular weight excluding hydrogens is 401 g/mol. The predicted octanol–water partition coefficient (Wildman–Crippen LogP) is 5.25.